The van der Waals surface area contributed by atoms with E-state index in [4.69, 9.17) is 4.74 Å². The number of likely N-dealkylation sites (N-methyl/N-ethyl adjacent to an activating group) is 1. The number of likely N-dealkylation sites (tertiary alicyclic amines) is 1. The summed E-state index contributed by atoms with van der Waals surface area (Å²) in [5.74, 6) is 0.267. The molecule has 5 heteroatoms. The van der Waals surface area contributed by atoms with Crippen LogP contribution in [0.3, 0.4) is 0 Å². The first-order valence-corrected chi connectivity index (χ1v) is 7.94. The monoisotopic (exact) mass is 283 g/mol. The van der Waals surface area contributed by atoms with Crippen molar-refractivity contribution in [2.75, 3.05) is 39.9 Å². The van der Waals surface area contributed by atoms with Crippen molar-refractivity contribution in [3.8, 4) is 0 Å². The van der Waals surface area contributed by atoms with E-state index in [1.165, 1.54) is 19.3 Å². The Morgan fingerprint density at radius 1 is 1.20 bits per heavy atom. The quantitative estimate of drug-likeness (QED) is 0.825. The molecular formula is C15H29N3O2. The summed E-state index contributed by atoms with van der Waals surface area (Å²) in [6, 6.07) is 0.873. The molecule has 0 aromatic carbocycles. The topological polar surface area (TPSA) is 44.8 Å². The molecule has 0 radical (unpaired) electrons. The van der Waals surface area contributed by atoms with Crippen molar-refractivity contribution in [3.05, 3.63) is 0 Å². The molecule has 2 fully saturated rings. The van der Waals surface area contributed by atoms with Crippen LogP contribution < -0.4 is 5.32 Å². The lowest BCUT2D eigenvalue weighted by molar-refractivity contribution is -0.142. The molecule has 2 saturated heterocycles. The van der Waals surface area contributed by atoms with Gasteiger partial charge in [0.2, 0.25) is 5.91 Å². The highest BCUT2D eigenvalue weighted by Gasteiger charge is 2.34. The summed E-state index contributed by atoms with van der Waals surface area (Å²) >= 11 is 0. The van der Waals surface area contributed by atoms with Crippen molar-refractivity contribution in [3.63, 3.8) is 0 Å². The molecule has 0 saturated carbocycles. The molecule has 20 heavy (non-hydrogen) atoms. The zero-order chi connectivity index (χ0) is 14.5. The van der Waals surface area contributed by atoms with Crippen LogP contribution in [0.2, 0.25) is 0 Å². The highest BCUT2D eigenvalue weighted by Crippen LogP contribution is 2.23. The predicted octanol–water partition coefficient (Wildman–Crippen LogP) is 0.696. The van der Waals surface area contributed by atoms with E-state index in [-0.39, 0.29) is 11.9 Å². The number of carbonyl (C=O) groups excluding carboxylic acids is 1. The Labute approximate surface area is 122 Å². The average molecular weight is 283 g/mol. The lowest BCUT2D eigenvalue weighted by atomic mass is 9.94. The largest absolute Gasteiger partial charge is 0.378 e. The Bertz CT molecular complexity index is 318. The smallest absolute Gasteiger partial charge is 0.239 e. The third kappa shape index (κ3) is 3.51. The number of hydrogen-bond donors (Lipinski definition) is 1. The molecule has 0 aliphatic carbocycles. The van der Waals surface area contributed by atoms with Gasteiger partial charge in [-0.3, -0.25) is 9.69 Å². The molecule has 2 heterocycles. The number of nitrogens with one attached hydrogen (secondary N) is 1. The minimum absolute atomic E-state index is 0.0193. The van der Waals surface area contributed by atoms with Crippen LogP contribution in [0, 0.1) is 0 Å². The van der Waals surface area contributed by atoms with Gasteiger partial charge in [-0.15, -0.1) is 0 Å². The van der Waals surface area contributed by atoms with E-state index in [1.54, 1.807) is 0 Å². The zero-order valence-electron chi connectivity index (χ0n) is 13.1. The number of piperidine rings is 1. The second-order valence-corrected chi connectivity index (χ2v) is 5.99. The SMILES string of the molecule is CNC(C)C1CCCCN1C(C)C(=O)N1CCOCC1. The maximum atomic E-state index is 12.7. The van der Waals surface area contributed by atoms with Gasteiger partial charge in [0.05, 0.1) is 19.3 Å². The summed E-state index contributed by atoms with van der Waals surface area (Å²) in [5.41, 5.74) is 0. The second-order valence-electron chi connectivity index (χ2n) is 5.99. The molecule has 0 spiro atoms. The maximum Gasteiger partial charge on any atom is 0.239 e. The van der Waals surface area contributed by atoms with Gasteiger partial charge >= 0.3 is 0 Å². The van der Waals surface area contributed by atoms with Gasteiger partial charge < -0.3 is 15.0 Å². The van der Waals surface area contributed by atoms with Crippen LogP contribution in [0.1, 0.15) is 33.1 Å². The van der Waals surface area contributed by atoms with Gasteiger partial charge in [0.15, 0.2) is 0 Å². The fraction of sp³-hybridized carbons (Fsp3) is 0.933. The van der Waals surface area contributed by atoms with Crippen LogP contribution >= 0.6 is 0 Å². The summed E-state index contributed by atoms with van der Waals surface area (Å²) in [7, 11) is 2.01. The number of hydrogen-bond acceptors (Lipinski definition) is 4. The molecular weight excluding hydrogens is 254 g/mol. The summed E-state index contributed by atoms with van der Waals surface area (Å²) < 4.78 is 5.33. The molecule has 1 amide bonds. The molecule has 5 nitrogen and oxygen atoms in total. The van der Waals surface area contributed by atoms with Gasteiger partial charge in [0.1, 0.15) is 0 Å². The molecule has 116 valence electrons. The number of amides is 1. The Morgan fingerprint density at radius 3 is 2.55 bits per heavy atom. The Balaban J connectivity index is 2.00. The zero-order valence-corrected chi connectivity index (χ0v) is 13.1. The first-order chi connectivity index (χ1) is 9.65. The minimum atomic E-state index is -0.0193. The molecule has 3 atom stereocenters. The van der Waals surface area contributed by atoms with Gasteiger partial charge in [-0.1, -0.05) is 6.42 Å². The maximum absolute atomic E-state index is 12.7. The molecule has 2 aliphatic heterocycles. The Hall–Kier alpha value is -0.650. The normalized spacial score (nSPS) is 28.1. The van der Waals surface area contributed by atoms with Gasteiger partial charge in [-0.05, 0) is 40.3 Å². The second kappa shape index (κ2) is 7.38. The van der Waals surface area contributed by atoms with Gasteiger partial charge in [-0.25, -0.2) is 0 Å². The highest BCUT2D eigenvalue weighted by molar-refractivity contribution is 5.81. The predicted molar refractivity (Wildman–Crippen MR) is 79.7 cm³/mol. The van der Waals surface area contributed by atoms with Crippen LogP contribution in [-0.4, -0.2) is 73.7 Å². The lowest BCUT2D eigenvalue weighted by Crippen LogP contribution is -2.58. The number of ether oxygens (including phenoxy) is 1. The number of carbonyl (C=O) groups is 1. The molecule has 1 N–H and O–H groups in total. The number of nitrogens with zero attached hydrogens (tertiary/aromatic N) is 2. The first kappa shape index (κ1) is 15.7. The molecule has 0 aromatic rings. The third-order valence-corrected chi connectivity index (χ3v) is 4.80. The molecule has 2 aliphatic rings. The van der Waals surface area contributed by atoms with Crippen molar-refractivity contribution in [2.45, 2.75) is 51.2 Å². The van der Waals surface area contributed by atoms with Crippen LogP contribution in [0.4, 0.5) is 0 Å². The average Bonchev–Trinajstić information content (AvgIpc) is 2.53. The number of morpholine rings is 1. The van der Waals surface area contributed by atoms with Gasteiger partial charge in [-0.2, -0.15) is 0 Å². The van der Waals surface area contributed by atoms with Crippen LogP contribution in [0.25, 0.3) is 0 Å². The number of rotatable bonds is 4. The van der Waals surface area contributed by atoms with Crippen molar-refractivity contribution >= 4 is 5.91 Å². The molecule has 3 unspecified atom stereocenters. The summed E-state index contributed by atoms with van der Waals surface area (Å²) in [5, 5.41) is 3.35. The Morgan fingerprint density at radius 2 is 1.90 bits per heavy atom. The Kier molecular flexibility index (Phi) is 5.81. The van der Waals surface area contributed by atoms with Crippen LogP contribution in [0.5, 0.6) is 0 Å². The minimum Gasteiger partial charge on any atom is -0.378 e. The van der Waals surface area contributed by atoms with E-state index in [9.17, 15) is 4.79 Å². The summed E-state index contributed by atoms with van der Waals surface area (Å²) in [4.78, 5) is 17.0. The first-order valence-electron chi connectivity index (χ1n) is 7.94. The van der Waals surface area contributed by atoms with E-state index < -0.39 is 0 Å². The van der Waals surface area contributed by atoms with E-state index >= 15 is 0 Å². The van der Waals surface area contributed by atoms with Crippen molar-refractivity contribution < 1.29 is 9.53 Å². The van der Waals surface area contributed by atoms with E-state index in [2.05, 4.69) is 24.1 Å². The summed E-state index contributed by atoms with van der Waals surface area (Å²) in [6.45, 7) is 8.15. The van der Waals surface area contributed by atoms with Crippen molar-refractivity contribution in [1.29, 1.82) is 0 Å². The standard InChI is InChI=1S/C15H29N3O2/c1-12(16-3)14-6-4-5-7-18(14)13(2)15(19)17-8-10-20-11-9-17/h12-14,16H,4-11H2,1-3H3. The molecule has 0 bridgehead atoms. The van der Waals surface area contributed by atoms with Crippen molar-refractivity contribution in [1.82, 2.24) is 15.1 Å². The van der Waals surface area contributed by atoms with E-state index in [1.807, 2.05) is 11.9 Å². The van der Waals surface area contributed by atoms with Crippen molar-refractivity contribution in [2.24, 2.45) is 0 Å². The van der Waals surface area contributed by atoms with Crippen LogP contribution in [-0.2, 0) is 9.53 Å². The fourth-order valence-corrected chi connectivity index (χ4v) is 3.38. The van der Waals surface area contributed by atoms with Gasteiger partial charge in [0.25, 0.3) is 0 Å². The molecule has 0 aromatic heterocycles. The summed E-state index contributed by atoms with van der Waals surface area (Å²) in [6.07, 6.45) is 3.65. The highest BCUT2D eigenvalue weighted by atomic mass is 16.5. The van der Waals surface area contributed by atoms with Crippen LogP contribution in [0.15, 0.2) is 0 Å². The van der Waals surface area contributed by atoms with Gasteiger partial charge in [0, 0.05) is 25.2 Å². The molecule has 2 rings (SSSR count). The van der Waals surface area contributed by atoms with E-state index in [0.717, 1.165) is 19.6 Å². The third-order valence-electron chi connectivity index (χ3n) is 4.80. The fourth-order valence-electron chi connectivity index (χ4n) is 3.38. The lowest BCUT2D eigenvalue weighted by Gasteiger charge is -2.43. The van der Waals surface area contributed by atoms with E-state index in [0.29, 0.717) is 25.3 Å².